The fourth-order valence-corrected chi connectivity index (χ4v) is 3.68. The van der Waals surface area contributed by atoms with Crippen molar-refractivity contribution in [1.29, 1.82) is 0 Å². The highest BCUT2D eigenvalue weighted by molar-refractivity contribution is 7.09. The van der Waals surface area contributed by atoms with Gasteiger partial charge in [-0.1, -0.05) is 25.7 Å². The normalized spacial score (nSPS) is 20.6. The van der Waals surface area contributed by atoms with Gasteiger partial charge in [0.15, 0.2) is 0 Å². The Morgan fingerprint density at radius 2 is 2.00 bits per heavy atom. The minimum Gasteiger partial charge on any atom is -0.330 e. The van der Waals surface area contributed by atoms with Gasteiger partial charge < -0.3 is 5.73 Å². The zero-order valence-electron chi connectivity index (χ0n) is 10.2. The van der Waals surface area contributed by atoms with Crippen LogP contribution >= 0.6 is 11.3 Å². The minimum absolute atomic E-state index is 0.348. The quantitative estimate of drug-likeness (QED) is 0.821. The van der Waals surface area contributed by atoms with E-state index in [1.165, 1.54) is 43.5 Å². The lowest BCUT2D eigenvalue weighted by atomic mass is 9.78. The summed E-state index contributed by atoms with van der Waals surface area (Å²) in [6, 6.07) is 0. The second-order valence-electron chi connectivity index (χ2n) is 5.18. The van der Waals surface area contributed by atoms with E-state index in [9.17, 15) is 0 Å². The molecule has 1 aliphatic carbocycles. The van der Waals surface area contributed by atoms with Gasteiger partial charge in [0.05, 0.1) is 5.01 Å². The third-order valence-electron chi connectivity index (χ3n) is 3.79. The summed E-state index contributed by atoms with van der Waals surface area (Å²) in [6.07, 6.45) is 9.16. The number of nitrogens with zero attached hydrogens (tertiary/aromatic N) is 1. The van der Waals surface area contributed by atoms with Crippen LogP contribution in [0.1, 0.15) is 49.2 Å². The zero-order chi connectivity index (χ0) is 11.4. The van der Waals surface area contributed by atoms with Crippen molar-refractivity contribution in [1.82, 2.24) is 4.98 Å². The van der Waals surface area contributed by atoms with E-state index < -0.39 is 0 Å². The van der Waals surface area contributed by atoms with Gasteiger partial charge in [-0.3, -0.25) is 0 Å². The van der Waals surface area contributed by atoms with Gasteiger partial charge in [0, 0.05) is 17.5 Å². The molecular formula is C13H22N2S. The van der Waals surface area contributed by atoms with Crippen LogP contribution in [0.4, 0.5) is 0 Å². The van der Waals surface area contributed by atoms with Crippen LogP contribution in [0.2, 0.25) is 0 Å². The van der Waals surface area contributed by atoms with E-state index in [1.807, 2.05) is 0 Å². The number of thiazole rings is 1. The topological polar surface area (TPSA) is 38.9 Å². The molecule has 1 aliphatic rings. The molecule has 16 heavy (non-hydrogen) atoms. The Balaban J connectivity index is 2.08. The van der Waals surface area contributed by atoms with Gasteiger partial charge in [0.25, 0.3) is 0 Å². The molecule has 3 heteroatoms. The van der Waals surface area contributed by atoms with Gasteiger partial charge in [-0.15, -0.1) is 11.3 Å². The van der Waals surface area contributed by atoms with Crippen LogP contribution in [0.15, 0.2) is 5.38 Å². The summed E-state index contributed by atoms with van der Waals surface area (Å²) in [7, 11) is 0. The largest absolute Gasteiger partial charge is 0.330 e. The first-order valence-corrected chi connectivity index (χ1v) is 7.23. The van der Waals surface area contributed by atoms with Crippen LogP contribution in [0, 0.1) is 12.3 Å². The Labute approximate surface area is 102 Å². The van der Waals surface area contributed by atoms with Gasteiger partial charge >= 0.3 is 0 Å². The number of rotatable bonds is 3. The molecule has 0 saturated heterocycles. The zero-order valence-corrected chi connectivity index (χ0v) is 11.0. The third-order valence-corrected chi connectivity index (χ3v) is 4.76. The van der Waals surface area contributed by atoms with Crippen LogP contribution < -0.4 is 5.73 Å². The summed E-state index contributed by atoms with van der Waals surface area (Å²) in [5.74, 6) is 0. The van der Waals surface area contributed by atoms with Gasteiger partial charge in [-0.05, 0) is 31.7 Å². The van der Waals surface area contributed by atoms with Crippen LogP contribution in [-0.2, 0) is 6.42 Å². The maximum atomic E-state index is 6.04. The van der Waals surface area contributed by atoms with Gasteiger partial charge in [-0.25, -0.2) is 4.98 Å². The molecule has 0 spiro atoms. The Bertz CT molecular complexity index is 324. The van der Waals surface area contributed by atoms with Crippen molar-refractivity contribution in [2.75, 3.05) is 6.54 Å². The molecule has 0 radical (unpaired) electrons. The van der Waals surface area contributed by atoms with Crippen molar-refractivity contribution in [2.24, 2.45) is 11.1 Å². The predicted molar refractivity (Wildman–Crippen MR) is 69.7 cm³/mol. The van der Waals surface area contributed by atoms with E-state index in [4.69, 9.17) is 5.73 Å². The average Bonchev–Trinajstić information content (AvgIpc) is 2.54. The molecule has 2 rings (SSSR count). The lowest BCUT2D eigenvalue weighted by Crippen LogP contribution is -2.32. The summed E-state index contributed by atoms with van der Waals surface area (Å²) < 4.78 is 0. The molecule has 0 aliphatic heterocycles. The Hall–Kier alpha value is -0.410. The highest BCUT2D eigenvalue weighted by Crippen LogP contribution is 2.37. The summed E-state index contributed by atoms with van der Waals surface area (Å²) in [4.78, 5) is 4.59. The van der Waals surface area contributed by atoms with Crippen LogP contribution in [0.25, 0.3) is 0 Å². The van der Waals surface area contributed by atoms with Crippen molar-refractivity contribution >= 4 is 11.3 Å². The monoisotopic (exact) mass is 238 g/mol. The van der Waals surface area contributed by atoms with Crippen LogP contribution in [-0.4, -0.2) is 11.5 Å². The third kappa shape index (κ3) is 2.83. The number of hydrogen-bond acceptors (Lipinski definition) is 3. The highest BCUT2D eigenvalue weighted by atomic mass is 32.1. The van der Waals surface area contributed by atoms with Crippen LogP contribution in [0.3, 0.4) is 0 Å². The maximum Gasteiger partial charge on any atom is 0.0934 e. The fourth-order valence-electron chi connectivity index (χ4n) is 2.74. The van der Waals surface area contributed by atoms with Crippen molar-refractivity contribution in [3.8, 4) is 0 Å². The molecule has 0 aromatic carbocycles. The lowest BCUT2D eigenvalue weighted by Gasteiger charge is -2.30. The maximum absolute atomic E-state index is 6.04. The lowest BCUT2D eigenvalue weighted by molar-refractivity contribution is 0.252. The predicted octanol–water partition coefficient (Wildman–Crippen LogP) is 3.29. The van der Waals surface area contributed by atoms with E-state index in [0.717, 1.165) is 18.7 Å². The first-order valence-electron chi connectivity index (χ1n) is 6.35. The number of nitrogens with two attached hydrogens (primary N) is 1. The molecule has 1 aromatic heterocycles. The summed E-state index contributed by atoms with van der Waals surface area (Å²) in [6.45, 7) is 2.90. The second kappa shape index (κ2) is 5.28. The van der Waals surface area contributed by atoms with Crippen molar-refractivity contribution in [2.45, 2.75) is 51.9 Å². The Morgan fingerprint density at radius 1 is 1.31 bits per heavy atom. The molecule has 2 N–H and O–H groups in total. The van der Waals surface area contributed by atoms with Crippen molar-refractivity contribution in [3.05, 3.63) is 16.1 Å². The van der Waals surface area contributed by atoms with Gasteiger partial charge in [-0.2, -0.15) is 0 Å². The molecule has 0 bridgehead atoms. The summed E-state index contributed by atoms with van der Waals surface area (Å²) in [5, 5.41) is 3.43. The highest BCUT2D eigenvalue weighted by Gasteiger charge is 2.30. The standard InChI is InChI=1S/C13H22N2S/c1-11-9-16-12(15-11)8-13(10-14)6-4-2-3-5-7-13/h9H,2-8,10,14H2,1H3. The van der Waals surface area contributed by atoms with E-state index in [0.29, 0.717) is 5.41 Å². The molecule has 0 unspecified atom stereocenters. The molecule has 0 atom stereocenters. The van der Waals surface area contributed by atoms with E-state index in [2.05, 4.69) is 17.3 Å². The fraction of sp³-hybridized carbons (Fsp3) is 0.769. The van der Waals surface area contributed by atoms with Crippen molar-refractivity contribution < 1.29 is 0 Å². The molecule has 2 nitrogen and oxygen atoms in total. The smallest absolute Gasteiger partial charge is 0.0934 e. The Morgan fingerprint density at radius 3 is 2.50 bits per heavy atom. The number of aryl methyl sites for hydroxylation is 1. The van der Waals surface area contributed by atoms with Crippen molar-refractivity contribution in [3.63, 3.8) is 0 Å². The van der Waals surface area contributed by atoms with Crippen LogP contribution in [0.5, 0.6) is 0 Å². The Kier molecular flexibility index (Phi) is 3.98. The SMILES string of the molecule is Cc1csc(CC2(CN)CCCCCC2)n1. The molecule has 90 valence electrons. The number of aromatic nitrogens is 1. The second-order valence-corrected chi connectivity index (χ2v) is 6.12. The van der Waals surface area contributed by atoms with E-state index >= 15 is 0 Å². The molecule has 1 fully saturated rings. The minimum atomic E-state index is 0.348. The molecule has 1 heterocycles. The first-order chi connectivity index (χ1) is 7.74. The molecule has 1 aromatic rings. The number of hydrogen-bond donors (Lipinski definition) is 1. The average molecular weight is 238 g/mol. The molecule has 0 amide bonds. The van der Waals surface area contributed by atoms with Gasteiger partial charge in [0.2, 0.25) is 0 Å². The first kappa shape index (κ1) is 12.1. The summed E-state index contributed by atoms with van der Waals surface area (Å²) >= 11 is 1.80. The van der Waals surface area contributed by atoms with E-state index in [1.54, 1.807) is 11.3 Å². The summed E-state index contributed by atoms with van der Waals surface area (Å²) in [5.41, 5.74) is 7.54. The molecular weight excluding hydrogens is 216 g/mol. The van der Waals surface area contributed by atoms with Gasteiger partial charge in [0.1, 0.15) is 0 Å². The van der Waals surface area contributed by atoms with E-state index in [-0.39, 0.29) is 0 Å². The molecule has 1 saturated carbocycles.